The lowest BCUT2D eigenvalue weighted by Crippen LogP contribution is -2.27. The Morgan fingerprint density at radius 1 is 1.16 bits per heavy atom. The summed E-state index contributed by atoms with van der Waals surface area (Å²) in [6.45, 7) is 6.78. The van der Waals surface area contributed by atoms with E-state index in [0.29, 0.717) is 19.3 Å². The first kappa shape index (κ1) is 16.0. The maximum absolute atomic E-state index is 5.54. The van der Waals surface area contributed by atoms with Crippen molar-refractivity contribution < 1.29 is 9.47 Å². The van der Waals surface area contributed by atoms with Crippen LogP contribution in [0.2, 0.25) is 0 Å². The van der Waals surface area contributed by atoms with E-state index < -0.39 is 0 Å². The van der Waals surface area contributed by atoms with Gasteiger partial charge in [-0.2, -0.15) is 0 Å². The predicted octanol–water partition coefficient (Wildman–Crippen LogP) is 3.03. The molecule has 1 N–H and O–H groups in total. The average molecular weight is 265 g/mol. The number of methoxy groups -OCH3 is 1. The number of nitrogens with one attached hydrogen (secondary N) is 1. The zero-order valence-corrected chi connectivity index (χ0v) is 12.4. The van der Waals surface area contributed by atoms with Crippen LogP contribution >= 0.6 is 0 Å². The van der Waals surface area contributed by atoms with Crippen molar-refractivity contribution in [1.82, 2.24) is 5.32 Å². The molecule has 0 bridgehead atoms. The number of hydrogen-bond acceptors (Lipinski definition) is 3. The molecule has 19 heavy (non-hydrogen) atoms. The second kappa shape index (κ2) is 9.82. The lowest BCUT2D eigenvalue weighted by Gasteiger charge is -2.13. The van der Waals surface area contributed by atoms with Crippen molar-refractivity contribution in [2.24, 2.45) is 0 Å². The Kier molecular flexibility index (Phi) is 8.26. The zero-order valence-electron chi connectivity index (χ0n) is 12.4. The summed E-state index contributed by atoms with van der Waals surface area (Å²) < 4.78 is 10.5. The van der Waals surface area contributed by atoms with Crippen LogP contribution in [-0.2, 0) is 11.2 Å². The van der Waals surface area contributed by atoms with Crippen LogP contribution in [-0.4, -0.2) is 32.9 Å². The van der Waals surface area contributed by atoms with Crippen LogP contribution in [0.15, 0.2) is 24.3 Å². The van der Waals surface area contributed by atoms with Gasteiger partial charge in [0.05, 0.1) is 6.61 Å². The summed E-state index contributed by atoms with van der Waals surface area (Å²) in [5.74, 6) is 0.915. The molecule has 108 valence electrons. The number of aryl methyl sites for hydroxylation is 1. The van der Waals surface area contributed by atoms with Crippen molar-refractivity contribution in [1.29, 1.82) is 0 Å². The van der Waals surface area contributed by atoms with E-state index in [-0.39, 0.29) is 0 Å². The van der Waals surface area contributed by atoms with E-state index in [2.05, 4.69) is 31.3 Å². The molecule has 0 saturated carbocycles. The highest BCUT2D eigenvalue weighted by Gasteiger charge is 2.01. The van der Waals surface area contributed by atoms with Crippen LogP contribution in [0.4, 0.5) is 0 Å². The Bertz CT molecular complexity index is 324. The van der Waals surface area contributed by atoms with Gasteiger partial charge in [0.1, 0.15) is 12.4 Å². The molecule has 0 aliphatic carbocycles. The Balaban J connectivity index is 2.27. The third kappa shape index (κ3) is 7.19. The Labute approximate surface area is 117 Å². The number of rotatable bonds is 10. The fourth-order valence-corrected chi connectivity index (χ4v) is 1.87. The van der Waals surface area contributed by atoms with E-state index >= 15 is 0 Å². The fourth-order valence-electron chi connectivity index (χ4n) is 1.87. The summed E-state index contributed by atoms with van der Waals surface area (Å²) in [7, 11) is 1.68. The molecule has 0 aromatic heterocycles. The van der Waals surface area contributed by atoms with Gasteiger partial charge in [0, 0.05) is 13.2 Å². The van der Waals surface area contributed by atoms with Crippen molar-refractivity contribution in [3.63, 3.8) is 0 Å². The molecule has 0 amide bonds. The lowest BCUT2D eigenvalue weighted by molar-refractivity contribution is 0.146. The second-order valence-electron chi connectivity index (χ2n) is 4.88. The smallest absolute Gasteiger partial charge is 0.119 e. The molecule has 0 saturated heterocycles. The van der Waals surface area contributed by atoms with Gasteiger partial charge in [-0.3, -0.25) is 0 Å². The van der Waals surface area contributed by atoms with Crippen molar-refractivity contribution in [2.45, 2.75) is 39.2 Å². The van der Waals surface area contributed by atoms with Crippen LogP contribution in [0.3, 0.4) is 0 Å². The first-order valence-electron chi connectivity index (χ1n) is 7.20. The first-order valence-corrected chi connectivity index (χ1v) is 7.20. The third-order valence-electron chi connectivity index (χ3n) is 3.09. The quantitative estimate of drug-likeness (QED) is 0.660. The van der Waals surface area contributed by atoms with E-state index in [4.69, 9.17) is 9.47 Å². The van der Waals surface area contributed by atoms with Gasteiger partial charge in [-0.1, -0.05) is 19.1 Å². The summed E-state index contributed by atoms with van der Waals surface area (Å²) in [4.78, 5) is 0. The second-order valence-corrected chi connectivity index (χ2v) is 4.88. The average Bonchev–Trinajstić information content (AvgIpc) is 2.44. The number of ether oxygens (including phenoxy) is 2. The number of hydrogen-bond donors (Lipinski definition) is 1. The van der Waals surface area contributed by atoms with Gasteiger partial charge in [0.15, 0.2) is 0 Å². The Morgan fingerprint density at radius 2 is 1.89 bits per heavy atom. The van der Waals surface area contributed by atoms with E-state index in [0.717, 1.165) is 18.7 Å². The predicted molar refractivity (Wildman–Crippen MR) is 79.9 cm³/mol. The SMILES string of the molecule is CCCNC(C)CCc1ccc(OCCOC)cc1. The lowest BCUT2D eigenvalue weighted by atomic mass is 10.1. The molecule has 0 fully saturated rings. The normalized spacial score (nSPS) is 12.4. The molecular weight excluding hydrogens is 238 g/mol. The van der Waals surface area contributed by atoms with Gasteiger partial charge in [-0.25, -0.2) is 0 Å². The van der Waals surface area contributed by atoms with Crippen LogP contribution in [0.1, 0.15) is 32.3 Å². The van der Waals surface area contributed by atoms with Crippen molar-refractivity contribution in [2.75, 3.05) is 26.9 Å². The highest BCUT2D eigenvalue weighted by atomic mass is 16.5. The van der Waals surface area contributed by atoms with Gasteiger partial charge in [-0.05, 0) is 50.4 Å². The van der Waals surface area contributed by atoms with Crippen molar-refractivity contribution in [3.05, 3.63) is 29.8 Å². The standard InChI is InChI=1S/C16H27NO2/c1-4-11-17-14(2)5-6-15-7-9-16(10-8-15)19-13-12-18-3/h7-10,14,17H,4-6,11-13H2,1-3H3. The minimum absolute atomic E-state index is 0.581. The van der Waals surface area contributed by atoms with Crippen LogP contribution in [0.25, 0.3) is 0 Å². The molecule has 1 rings (SSSR count). The fraction of sp³-hybridized carbons (Fsp3) is 0.625. The highest BCUT2D eigenvalue weighted by molar-refractivity contribution is 5.27. The molecule has 1 aromatic carbocycles. The van der Waals surface area contributed by atoms with Crippen LogP contribution < -0.4 is 10.1 Å². The summed E-state index contributed by atoms with van der Waals surface area (Å²) in [6, 6.07) is 8.95. The summed E-state index contributed by atoms with van der Waals surface area (Å²) >= 11 is 0. The molecule has 1 unspecified atom stereocenters. The topological polar surface area (TPSA) is 30.5 Å². The molecule has 1 atom stereocenters. The van der Waals surface area contributed by atoms with Crippen molar-refractivity contribution >= 4 is 0 Å². The van der Waals surface area contributed by atoms with Gasteiger partial charge in [-0.15, -0.1) is 0 Å². The maximum atomic E-state index is 5.54. The minimum Gasteiger partial charge on any atom is -0.491 e. The molecule has 0 radical (unpaired) electrons. The summed E-state index contributed by atoms with van der Waals surface area (Å²) in [6.07, 6.45) is 3.47. The molecular formula is C16H27NO2. The molecule has 3 heteroatoms. The largest absolute Gasteiger partial charge is 0.491 e. The summed E-state index contributed by atoms with van der Waals surface area (Å²) in [5, 5.41) is 3.51. The third-order valence-corrected chi connectivity index (χ3v) is 3.09. The van der Waals surface area contributed by atoms with Crippen LogP contribution in [0, 0.1) is 0 Å². The van der Waals surface area contributed by atoms with Gasteiger partial charge in [0.2, 0.25) is 0 Å². The minimum atomic E-state index is 0.581. The van der Waals surface area contributed by atoms with Crippen molar-refractivity contribution in [3.8, 4) is 5.75 Å². The molecule has 1 aromatic rings. The van der Waals surface area contributed by atoms with E-state index in [1.54, 1.807) is 7.11 Å². The first-order chi connectivity index (χ1) is 9.26. The zero-order chi connectivity index (χ0) is 13.9. The van der Waals surface area contributed by atoms with E-state index in [9.17, 15) is 0 Å². The molecule has 0 heterocycles. The monoisotopic (exact) mass is 265 g/mol. The molecule has 0 aliphatic rings. The van der Waals surface area contributed by atoms with Gasteiger partial charge >= 0.3 is 0 Å². The molecule has 0 aliphatic heterocycles. The summed E-state index contributed by atoms with van der Waals surface area (Å²) in [5.41, 5.74) is 1.37. The van der Waals surface area contributed by atoms with E-state index in [1.165, 1.54) is 18.4 Å². The number of benzene rings is 1. The maximum Gasteiger partial charge on any atom is 0.119 e. The Hall–Kier alpha value is -1.06. The molecule has 0 spiro atoms. The van der Waals surface area contributed by atoms with Gasteiger partial charge < -0.3 is 14.8 Å². The molecule has 3 nitrogen and oxygen atoms in total. The Morgan fingerprint density at radius 3 is 2.53 bits per heavy atom. The van der Waals surface area contributed by atoms with Gasteiger partial charge in [0.25, 0.3) is 0 Å². The van der Waals surface area contributed by atoms with E-state index in [1.807, 2.05) is 12.1 Å². The van der Waals surface area contributed by atoms with Crippen LogP contribution in [0.5, 0.6) is 5.75 Å². The highest BCUT2D eigenvalue weighted by Crippen LogP contribution is 2.13.